The molecular weight excluding hydrogens is 295 g/mol. The van der Waals surface area contributed by atoms with Gasteiger partial charge in [-0.1, -0.05) is 0 Å². The highest BCUT2D eigenvalue weighted by Gasteiger charge is 2.16. The van der Waals surface area contributed by atoms with Crippen molar-refractivity contribution in [1.82, 2.24) is 5.32 Å². The van der Waals surface area contributed by atoms with E-state index in [4.69, 9.17) is 4.74 Å². The van der Waals surface area contributed by atoms with Crippen molar-refractivity contribution in [2.24, 2.45) is 4.99 Å². The van der Waals surface area contributed by atoms with E-state index in [0.717, 1.165) is 3.63 Å². The van der Waals surface area contributed by atoms with Gasteiger partial charge in [-0.15, -0.1) is 0 Å². The van der Waals surface area contributed by atoms with Crippen molar-refractivity contribution in [2.45, 2.75) is 26.4 Å². The average molecular weight is 308 g/mol. The molecule has 0 aromatic carbocycles. The SMILES string of the molecule is CC(C)(C)OC(=O)NC1=IC=NC=C1. The summed E-state index contributed by atoms with van der Waals surface area (Å²) >= 11 is -0.301. The van der Waals surface area contributed by atoms with Crippen LogP contribution in [0.5, 0.6) is 0 Å². The summed E-state index contributed by atoms with van der Waals surface area (Å²) in [6.45, 7) is 5.51. The van der Waals surface area contributed by atoms with Crippen molar-refractivity contribution in [3.63, 3.8) is 0 Å². The van der Waals surface area contributed by atoms with Crippen LogP contribution in [-0.2, 0) is 4.74 Å². The van der Waals surface area contributed by atoms with Gasteiger partial charge in [-0.2, -0.15) is 0 Å². The molecule has 0 spiro atoms. The summed E-state index contributed by atoms with van der Waals surface area (Å²) in [6.07, 6.45) is 3.07. The normalized spacial score (nSPS) is 15.5. The Balaban J connectivity index is 2.46. The second-order valence-corrected chi connectivity index (χ2v) is 5.99. The van der Waals surface area contributed by atoms with Crippen LogP contribution < -0.4 is 5.32 Å². The maximum Gasteiger partial charge on any atom is 0.412 e. The highest BCUT2D eigenvalue weighted by Crippen LogP contribution is 2.07. The van der Waals surface area contributed by atoms with Crippen molar-refractivity contribution >= 4 is 34.7 Å². The lowest BCUT2D eigenvalue weighted by Crippen LogP contribution is -2.35. The number of ether oxygens (including phenoxy) is 1. The van der Waals surface area contributed by atoms with Crippen molar-refractivity contribution in [1.29, 1.82) is 0 Å². The molecule has 0 atom stereocenters. The van der Waals surface area contributed by atoms with E-state index in [9.17, 15) is 4.79 Å². The molecule has 0 aliphatic carbocycles. The van der Waals surface area contributed by atoms with Gasteiger partial charge in [-0.3, -0.25) is 10.3 Å². The number of rotatable bonds is 1. The van der Waals surface area contributed by atoms with Gasteiger partial charge >= 0.3 is 6.09 Å². The second-order valence-electron chi connectivity index (χ2n) is 3.65. The highest BCUT2D eigenvalue weighted by atomic mass is 127. The Bertz CT molecular complexity index is 313. The molecule has 5 heteroatoms. The van der Waals surface area contributed by atoms with Gasteiger partial charge in [0, 0.05) is 6.20 Å². The first-order valence-electron chi connectivity index (χ1n) is 4.16. The van der Waals surface area contributed by atoms with Gasteiger partial charge in [0.1, 0.15) is 5.60 Å². The topological polar surface area (TPSA) is 50.7 Å². The third-order valence-electron chi connectivity index (χ3n) is 1.15. The molecule has 1 rings (SSSR count). The minimum absolute atomic E-state index is 0.301. The Morgan fingerprint density at radius 2 is 2.29 bits per heavy atom. The zero-order valence-electron chi connectivity index (χ0n) is 8.37. The summed E-state index contributed by atoms with van der Waals surface area (Å²) in [6, 6.07) is 0. The average Bonchev–Trinajstić information content (AvgIpc) is 2.02. The summed E-state index contributed by atoms with van der Waals surface area (Å²) in [4.78, 5) is 15.3. The van der Waals surface area contributed by atoms with Crippen LogP contribution in [0.15, 0.2) is 17.3 Å². The van der Waals surface area contributed by atoms with E-state index in [1.165, 1.54) is 0 Å². The maximum atomic E-state index is 11.3. The van der Waals surface area contributed by atoms with E-state index >= 15 is 0 Å². The van der Waals surface area contributed by atoms with Gasteiger partial charge in [0.25, 0.3) is 0 Å². The number of hydrogen-bond acceptors (Lipinski definition) is 3. The molecule has 1 aliphatic heterocycles. The summed E-state index contributed by atoms with van der Waals surface area (Å²) in [5.41, 5.74) is -0.449. The first-order valence-corrected chi connectivity index (χ1v) is 6.48. The van der Waals surface area contributed by atoms with Crippen LogP contribution in [0.25, 0.3) is 0 Å². The van der Waals surface area contributed by atoms with Crippen LogP contribution in [0, 0.1) is 0 Å². The van der Waals surface area contributed by atoms with Crippen molar-refractivity contribution < 1.29 is 9.53 Å². The molecule has 0 aromatic rings. The minimum Gasteiger partial charge on any atom is -0.444 e. The summed E-state index contributed by atoms with van der Waals surface area (Å²) < 4.78 is 7.86. The molecule has 0 bridgehead atoms. The van der Waals surface area contributed by atoms with E-state index in [0.29, 0.717) is 0 Å². The smallest absolute Gasteiger partial charge is 0.412 e. The monoisotopic (exact) mass is 308 g/mol. The maximum absolute atomic E-state index is 11.3. The summed E-state index contributed by atoms with van der Waals surface area (Å²) in [5.74, 6) is 0. The first kappa shape index (κ1) is 11.4. The zero-order valence-corrected chi connectivity index (χ0v) is 10.5. The molecule has 1 aliphatic rings. The zero-order chi connectivity index (χ0) is 10.6. The van der Waals surface area contributed by atoms with Gasteiger partial charge in [-0.05, 0) is 47.6 Å². The van der Waals surface area contributed by atoms with Gasteiger partial charge in [-0.25, -0.2) is 4.79 Å². The Morgan fingerprint density at radius 1 is 1.57 bits per heavy atom. The third kappa shape index (κ3) is 4.50. The standard InChI is InChI=1S/C9H13IN2O2/c1-9(2,3)14-8(13)12-7-4-5-11-6-10-7/h4-6H,1-3H3,(H,12,13). The third-order valence-corrected chi connectivity index (χ3v) is 3.05. The Kier molecular flexibility index (Phi) is 3.79. The van der Waals surface area contributed by atoms with E-state index in [1.807, 2.05) is 25.0 Å². The molecule has 1 N–H and O–H groups in total. The number of nitrogens with zero attached hydrogens (tertiary/aromatic N) is 1. The minimum atomic E-state index is -0.449. The van der Waals surface area contributed by atoms with Crippen LogP contribution in [-0.4, -0.2) is 19.5 Å². The van der Waals surface area contributed by atoms with E-state index in [2.05, 4.69) is 10.3 Å². The van der Waals surface area contributed by atoms with E-state index in [1.54, 1.807) is 12.3 Å². The predicted molar refractivity (Wildman–Crippen MR) is 66.0 cm³/mol. The Morgan fingerprint density at radius 3 is 2.79 bits per heavy atom. The molecule has 1 amide bonds. The Labute approximate surface area is 93.2 Å². The molecule has 0 saturated carbocycles. The lowest BCUT2D eigenvalue weighted by molar-refractivity contribution is 0.0565. The number of aliphatic imine (C=N–C) groups is 1. The fourth-order valence-electron chi connectivity index (χ4n) is 0.728. The van der Waals surface area contributed by atoms with E-state index in [-0.39, 0.29) is 20.7 Å². The van der Waals surface area contributed by atoms with Crippen molar-refractivity contribution in [3.05, 3.63) is 12.3 Å². The molecule has 0 fully saturated rings. The predicted octanol–water partition coefficient (Wildman–Crippen LogP) is 2.17. The quantitative estimate of drug-likeness (QED) is 0.755. The number of nitrogens with one attached hydrogen (secondary N) is 1. The fraction of sp³-hybridized carbons (Fsp3) is 0.444. The number of amides is 1. The highest BCUT2D eigenvalue weighted by molar-refractivity contribution is 14.2. The summed E-state index contributed by atoms with van der Waals surface area (Å²) in [5, 5.41) is 2.70. The molecule has 0 aromatic heterocycles. The van der Waals surface area contributed by atoms with Gasteiger partial charge in [0.15, 0.2) is 0 Å². The number of hydrogen-bond donors (Lipinski definition) is 1. The number of carbonyl (C=O) groups excluding carboxylic acids is 1. The molecule has 0 unspecified atom stereocenters. The van der Waals surface area contributed by atoms with Crippen LogP contribution in [0.1, 0.15) is 20.8 Å². The Hall–Kier alpha value is -0.720. The van der Waals surface area contributed by atoms with Crippen LogP contribution >= 0.6 is 20.7 Å². The van der Waals surface area contributed by atoms with Crippen LogP contribution in [0.4, 0.5) is 4.79 Å². The number of carbonyl (C=O) groups is 1. The molecule has 0 saturated heterocycles. The molecule has 1 heterocycles. The van der Waals surface area contributed by atoms with Crippen LogP contribution in [0.2, 0.25) is 0 Å². The lowest BCUT2D eigenvalue weighted by atomic mass is 10.2. The lowest BCUT2D eigenvalue weighted by Gasteiger charge is -2.19. The van der Waals surface area contributed by atoms with Gasteiger partial charge in [0.2, 0.25) is 0 Å². The second kappa shape index (κ2) is 4.68. The van der Waals surface area contributed by atoms with Crippen molar-refractivity contribution in [3.8, 4) is 0 Å². The van der Waals surface area contributed by atoms with E-state index < -0.39 is 11.7 Å². The first-order chi connectivity index (χ1) is 6.47. The molecule has 0 radical (unpaired) electrons. The molecule has 4 nitrogen and oxygen atoms in total. The van der Waals surface area contributed by atoms with Crippen molar-refractivity contribution in [2.75, 3.05) is 0 Å². The molecular formula is C9H13IN2O2. The van der Waals surface area contributed by atoms with Gasteiger partial charge in [0.05, 0.1) is 7.85 Å². The van der Waals surface area contributed by atoms with Crippen LogP contribution in [0.3, 0.4) is 0 Å². The molecule has 14 heavy (non-hydrogen) atoms. The number of alkyl carbamates (subject to hydrolysis) is 1. The number of halogens is 1. The largest absolute Gasteiger partial charge is 0.444 e. The molecule has 78 valence electrons. The van der Waals surface area contributed by atoms with Gasteiger partial charge < -0.3 is 4.74 Å². The summed E-state index contributed by atoms with van der Waals surface area (Å²) in [7, 11) is 0. The fourth-order valence-corrected chi connectivity index (χ4v) is 2.12.